The van der Waals surface area contributed by atoms with Crippen LogP contribution in [0.1, 0.15) is 31.2 Å². The number of carbonyl (C=O) groups is 1. The molecule has 34 heavy (non-hydrogen) atoms. The second-order valence-corrected chi connectivity index (χ2v) is 11.4. The molecule has 0 radical (unpaired) electrons. The number of sulfonamides is 1. The van der Waals surface area contributed by atoms with Crippen LogP contribution in [0.4, 0.5) is 15.0 Å². The lowest BCUT2D eigenvalue weighted by molar-refractivity contribution is 0.0491. The lowest BCUT2D eigenvalue weighted by Crippen LogP contribution is -2.50. The summed E-state index contributed by atoms with van der Waals surface area (Å²) in [5, 5.41) is 0. The maximum absolute atomic E-state index is 14.0. The molecule has 0 aliphatic carbocycles. The number of carbonyl (C=O) groups excluding carboxylic acids is 1. The quantitative estimate of drug-likeness (QED) is 0.643. The highest BCUT2D eigenvalue weighted by Gasteiger charge is 2.42. The molecule has 0 unspecified atom stereocenters. The Morgan fingerprint density at radius 3 is 2.50 bits per heavy atom. The molecular formula is C24H29FN4O4S. The van der Waals surface area contributed by atoms with Gasteiger partial charge in [0.2, 0.25) is 10.0 Å². The van der Waals surface area contributed by atoms with Crippen LogP contribution in [0.15, 0.2) is 47.5 Å². The number of nitrogens with zero attached hydrogens (tertiary/aromatic N) is 4. The molecule has 0 bridgehead atoms. The molecule has 3 aliphatic heterocycles. The van der Waals surface area contributed by atoms with Crippen LogP contribution in [0.2, 0.25) is 0 Å². The zero-order valence-corrected chi connectivity index (χ0v) is 19.8. The number of amides is 1. The van der Waals surface area contributed by atoms with Gasteiger partial charge in [0.05, 0.1) is 6.54 Å². The van der Waals surface area contributed by atoms with E-state index in [1.807, 2.05) is 12.1 Å². The van der Waals surface area contributed by atoms with Gasteiger partial charge in [-0.2, -0.15) is 4.31 Å². The molecule has 1 spiro atoms. The lowest BCUT2D eigenvalue weighted by atomic mass is 9.73. The molecule has 1 aromatic heterocycles. The molecule has 4 heterocycles. The van der Waals surface area contributed by atoms with Gasteiger partial charge in [0.25, 0.3) is 0 Å². The van der Waals surface area contributed by atoms with Gasteiger partial charge < -0.3 is 4.74 Å². The molecule has 1 amide bonds. The van der Waals surface area contributed by atoms with Crippen molar-refractivity contribution in [2.24, 2.45) is 5.41 Å². The first-order valence-corrected chi connectivity index (χ1v) is 13.2. The summed E-state index contributed by atoms with van der Waals surface area (Å²) < 4.78 is 47.3. The van der Waals surface area contributed by atoms with Gasteiger partial charge in [0, 0.05) is 31.4 Å². The Bertz CT molecular complexity index is 1150. The molecule has 3 aliphatic rings. The Morgan fingerprint density at radius 1 is 1.03 bits per heavy atom. The fourth-order valence-electron chi connectivity index (χ4n) is 5.26. The summed E-state index contributed by atoms with van der Waals surface area (Å²) in [4.78, 5) is 19.7. The van der Waals surface area contributed by atoms with Crippen molar-refractivity contribution < 1.29 is 22.3 Å². The van der Waals surface area contributed by atoms with Crippen molar-refractivity contribution in [3.05, 3.63) is 54.0 Å². The zero-order valence-electron chi connectivity index (χ0n) is 19.0. The number of piperidine rings is 2. The molecular weight excluding hydrogens is 459 g/mol. The summed E-state index contributed by atoms with van der Waals surface area (Å²) in [5.41, 5.74) is 0.647. The van der Waals surface area contributed by atoms with E-state index in [0.717, 1.165) is 38.8 Å². The van der Waals surface area contributed by atoms with Crippen LogP contribution >= 0.6 is 0 Å². The van der Waals surface area contributed by atoms with Crippen molar-refractivity contribution >= 4 is 21.9 Å². The van der Waals surface area contributed by atoms with E-state index in [4.69, 9.17) is 4.74 Å². The summed E-state index contributed by atoms with van der Waals surface area (Å²) >= 11 is 0. The van der Waals surface area contributed by atoms with E-state index in [0.29, 0.717) is 44.2 Å². The van der Waals surface area contributed by atoms with Crippen LogP contribution in [0.5, 0.6) is 0 Å². The van der Waals surface area contributed by atoms with Crippen LogP contribution in [0.3, 0.4) is 0 Å². The summed E-state index contributed by atoms with van der Waals surface area (Å²) in [6, 6.07) is 9.93. The normalized spacial score (nSPS) is 21.7. The van der Waals surface area contributed by atoms with E-state index in [2.05, 4.69) is 9.88 Å². The van der Waals surface area contributed by atoms with Crippen molar-refractivity contribution in [2.45, 2.75) is 37.1 Å². The standard InChI is InChI=1S/C24H29FN4O4S/c25-21-5-2-1-4-19(21)17-27-12-9-24(10-13-27)8-3-11-28(18-24)34(31,32)20-6-7-22(26-16-20)29-14-15-33-23(29)30/h1-2,4-7,16H,3,8-15,17-18H2. The maximum atomic E-state index is 14.0. The number of anilines is 1. The minimum atomic E-state index is -3.69. The first-order chi connectivity index (χ1) is 16.4. The Labute approximate surface area is 199 Å². The van der Waals surface area contributed by atoms with E-state index in [1.54, 1.807) is 16.4 Å². The number of aromatic nitrogens is 1. The molecule has 1 aromatic carbocycles. The molecule has 3 saturated heterocycles. The highest BCUT2D eigenvalue weighted by Crippen LogP contribution is 2.41. The van der Waals surface area contributed by atoms with E-state index < -0.39 is 16.1 Å². The van der Waals surface area contributed by atoms with E-state index in [9.17, 15) is 17.6 Å². The third kappa shape index (κ3) is 4.54. The Kier molecular flexibility index (Phi) is 6.30. The average molecular weight is 489 g/mol. The first-order valence-electron chi connectivity index (χ1n) is 11.7. The predicted molar refractivity (Wildman–Crippen MR) is 124 cm³/mol. The van der Waals surface area contributed by atoms with Crippen LogP contribution in [0, 0.1) is 11.2 Å². The number of rotatable bonds is 5. The number of ether oxygens (including phenoxy) is 1. The third-order valence-electron chi connectivity index (χ3n) is 7.29. The van der Waals surface area contributed by atoms with Crippen molar-refractivity contribution in [3.8, 4) is 0 Å². The van der Waals surface area contributed by atoms with Crippen molar-refractivity contribution in [1.29, 1.82) is 0 Å². The van der Waals surface area contributed by atoms with Crippen molar-refractivity contribution in [2.75, 3.05) is 44.2 Å². The number of hydrogen-bond donors (Lipinski definition) is 0. The van der Waals surface area contributed by atoms with Crippen molar-refractivity contribution in [1.82, 2.24) is 14.2 Å². The van der Waals surface area contributed by atoms with Gasteiger partial charge in [-0.1, -0.05) is 18.2 Å². The summed E-state index contributed by atoms with van der Waals surface area (Å²) in [5.74, 6) is 0.206. The number of likely N-dealkylation sites (tertiary alicyclic amines) is 1. The smallest absolute Gasteiger partial charge is 0.415 e. The van der Waals surface area contributed by atoms with E-state index in [1.165, 1.54) is 23.2 Å². The third-order valence-corrected chi connectivity index (χ3v) is 9.12. The predicted octanol–water partition coefficient (Wildman–Crippen LogP) is 3.24. The topological polar surface area (TPSA) is 83.0 Å². The van der Waals surface area contributed by atoms with Gasteiger partial charge in [-0.25, -0.2) is 22.6 Å². The number of benzene rings is 1. The SMILES string of the molecule is O=C1OCCN1c1ccc(S(=O)(=O)N2CCCC3(CCN(Cc4ccccc4F)CC3)C2)cn1. The summed E-state index contributed by atoms with van der Waals surface area (Å²) in [7, 11) is -3.69. The van der Waals surface area contributed by atoms with Gasteiger partial charge >= 0.3 is 6.09 Å². The van der Waals surface area contributed by atoms with Crippen molar-refractivity contribution in [3.63, 3.8) is 0 Å². The number of cyclic esters (lactones) is 1. The minimum absolute atomic E-state index is 0.0519. The number of halogens is 1. The average Bonchev–Trinajstić information content (AvgIpc) is 3.28. The largest absolute Gasteiger partial charge is 0.447 e. The second kappa shape index (κ2) is 9.24. The lowest BCUT2D eigenvalue weighted by Gasteiger charge is -2.47. The zero-order chi connectivity index (χ0) is 23.8. The number of pyridine rings is 1. The Balaban J connectivity index is 1.24. The highest BCUT2D eigenvalue weighted by atomic mass is 32.2. The molecule has 0 atom stereocenters. The minimum Gasteiger partial charge on any atom is -0.447 e. The van der Waals surface area contributed by atoms with Gasteiger partial charge in [-0.15, -0.1) is 0 Å². The molecule has 8 nitrogen and oxygen atoms in total. The molecule has 0 saturated carbocycles. The van der Waals surface area contributed by atoms with Crippen LogP contribution < -0.4 is 4.90 Å². The van der Waals surface area contributed by atoms with Crippen LogP contribution in [-0.2, 0) is 21.3 Å². The van der Waals surface area contributed by atoms with Crippen LogP contribution in [-0.4, -0.2) is 68.0 Å². The van der Waals surface area contributed by atoms with E-state index in [-0.39, 0.29) is 16.1 Å². The molecule has 0 N–H and O–H groups in total. The highest BCUT2D eigenvalue weighted by molar-refractivity contribution is 7.89. The van der Waals surface area contributed by atoms with Gasteiger partial charge in [0.15, 0.2) is 0 Å². The summed E-state index contributed by atoms with van der Waals surface area (Å²) in [6.07, 6.45) is 4.46. The van der Waals surface area contributed by atoms with Gasteiger partial charge in [-0.3, -0.25) is 9.80 Å². The Morgan fingerprint density at radius 2 is 1.82 bits per heavy atom. The first kappa shape index (κ1) is 23.2. The molecule has 5 rings (SSSR count). The molecule has 2 aromatic rings. The monoisotopic (exact) mass is 488 g/mol. The molecule has 3 fully saturated rings. The van der Waals surface area contributed by atoms with E-state index >= 15 is 0 Å². The maximum Gasteiger partial charge on any atom is 0.415 e. The van der Waals surface area contributed by atoms with Gasteiger partial charge in [-0.05, 0) is 62.4 Å². The molecule has 182 valence electrons. The fourth-order valence-corrected chi connectivity index (χ4v) is 6.80. The Hall–Kier alpha value is -2.56. The fraction of sp³-hybridized carbons (Fsp3) is 0.500. The van der Waals surface area contributed by atoms with Crippen LogP contribution in [0.25, 0.3) is 0 Å². The second-order valence-electron chi connectivity index (χ2n) is 9.43. The number of hydrogen-bond acceptors (Lipinski definition) is 6. The molecule has 10 heteroatoms. The van der Waals surface area contributed by atoms with Gasteiger partial charge in [0.1, 0.15) is 23.1 Å². The summed E-state index contributed by atoms with van der Waals surface area (Å²) in [6.45, 7) is 3.91.